The first-order valence-corrected chi connectivity index (χ1v) is 6.38. The largest absolute Gasteiger partial charge is 0.465 e. The molecule has 0 radical (unpaired) electrons. The van der Waals surface area contributed by atoms with Crippen LogP contribution in [0.5, 0.6) is 0 Å². The molecule has 0 fully saturated rings. The number of esters is 1. The number of nitrogens with zero attached hydrogens (tertiary/aromatic N) is 1. The van der Waals surface area contributed by atoms with Crippen LogP contribution in [0.1, 0.15) is 17.3 Å². The van der Waals surface area contributed by atoms with Crippen molar-refractivity contribution in [1.29, 1.82) is 0 Å². The van der Waals surface area contributed by atoms with Gasteiger partial charge in [0, 0.05) is 0 Å². The molecule has 1 amide bonds. The van der Waals surface area contributed by atoms with Crippen molar-refractivity contribution in [2.75, 3.05) is 12.4 Å². The number of fused-ring (bicyclic) bond motifs is 1. The standard InChI is InChI=1S/C13H12N2O3S/c1-3-4-11(16)15-13-14-9-6-5-8(12(17)18-2)7-10(9)19-13/h3-7H,1-2H3,(H,14,15,16). The molecule has 0 aliphatic rings. The molecule has 0 aliphatic heterocycles. The normalized spacial score (nSPS) is 10.8. The Morgan fingerprint density at radius 1 is 1.42 bits per heavy atom. The minimum absolute atomic E-state index is 0.227. The van der Waals surface area contributed by atoms with Gasteiger partial charge in [0.05, 0.1) is 22.9 Å². The zero-order valence-electron chi connectivity index (χ0n) is 10.5. The van der Waals surface area contributed by atoms with E-state index in [1.165, 1.54) is 24.5 Å². The highest BCUT2D eigenvalue weighted by atomic mass is 32.1. The van der Waals surface area contributed by atoms with E-state index in [0.29, 0.717) is 10.7 Å². The molecule has 0 saturated carbocycles. The Labute approximate surface area is 113 Å². The first kappa shape index (κ1) is 13.2. The van der Waals surface area contributed by atoms with Crippen LogP contribution in [0, 0.1) is 0 Å². The Bertz CT molecular complexity index is 661. The second-order valence-electron chi connectivity index (χ2n) is 3.68. The third kappa shape index (κ3) is 2.97. The molecule has 0 aliphatic carbocycles. The summed E-state index contributed by atoms with van der Waals surface area (Å²) in [5, 5.41) is 3.16. The van der Waals surface area contributed by atoms with E-state index >= 15 is 0 Å². The summed E-state index contributed by atoms with van der Waals surface area (Å²) in [4.78, 5) is 27.1. The zero-order valence-corrected chi connectivity index (χ0v) is 11.3. The molecule has 0 atom stereocenters. The molecule has 1 aromatic carbocycles. The van der Waals surface area contributed by atoms with Crippen molar-refractivity contribution in [1.82, 2.24) is 4.98 Å². The lowest BCUT2D eigenvalue weighted by Gasteiger charge is -1.97. The van der Waals surface area contributed by atoms with Gasteiger partial charge in [-0.05, 0) is 31.2 Å². The lowest BCUT2D eigenvalue weighted by atomic mass is 10.2. The molecule has 1 aromatic heterocycles. The molecular weight excluding hydrogens is 264 g/mol. The average molecular weight is 276 g/mol. The number of rotatable bonds is 3. The smallest absolute Gasteiger partial charge is 0.337 e. The summed E-state index contributed by atoms with van der Waals surface area (Å²) < 4.78 is 5.47. The SMILES string of the molecule is CC=CC(=O)Nc1nc2ccc(C(=O)OC)cc2s1. The van der Waals surface area contributed by atoms with E-state index in [1.807, 2.05) is 0 Å². The van der Waals surface area contributed by atoms with E-state index in [2.05, 4.69) is 15.0 Å². The first-order valence-electron chi connectivity index (χ1n) is 5.56. The first-order chi connectivity index (χ1) is 9.13. The molecule has 0 unspecified atom stereocenters. The summed E-state index contributed by atoms with van der Waals surface area (Å²) in [6, 6.07) is 5.07. The maximum atomic E-state index is 11.4. The fourth-order valence-corrected chi connectivity index (χ4v) is 2.43. The van der Waals surface area contributed by atoms with E-state index in [9.17, 15) is 9.59 Å². The Hall–Kier alpha value is -2.21. The summed E-state index contributed by atoms with van der Waals surface area (Å²) in [5.74, 6) is -0.621. The van der Waals surface area contributed by atoms with Crippen LogP contribution >= 0.6 is 11.3 Å². The van der Waals surface area contributed by atoms with Gasteiger partial charge in [-0.2, -0.15) is 0 Å². The number of methoxy groups -OCH3 is 1. The minimum Gasteiger partial charge on any atom is -0.465 e. The number of nitrogens with one attached hydrogen (secondary N) is 1. The van der Waals surface area contributed by atoms with E-state index in [4.69, 9.17) is 0 Å². The van der Waals surface area contributed by atoms with Gasteiger partial charge in [0.25, 0.3) is 0 Å². The Balaban J connectivity index is 2.30. The van der Waals surface area contributed by atoms with Crippen LogP contribution in [0.3, 0.4) is 0 Å². The number of allylic oxidation sites excluding steroid dienone is 1. The van der Waals surface area contributed by atoms with Gasteiger partial charge in [0.1, 0.15) is 0 Å². The van der Waals surface area contributed by atoms with Crippen LogP contribution in [0.4, 0.5) is 5.13 Å². The number of benzene rings is 1. The van der Waals surface area contributed by atoms with Crippen molar-refractivity contribution in [3.63, 3.8) is 0 Å². The molecule has 19 heavy (non-hydrogen) atoms. The summed E-state index contributed by atoms with van der Waals surface area (Å²) in [5.41, 5.74) is 1.19. The molecule has 2 aromatic rings. The third-order valence-corrected chi connectivity index (χ3v) is 3.29. The van der Waals surface area contributed by atoms with Crippen LogP contribution in [-0.2, 0) is 9.53 Å². The van der Waals surface area contributed by atoms with Gasteiger partial charge in [0.15, 0.2) is 5.13 Å². The molecule has 5 nitrogen and oxygen atoms in total. The summed E-state index contributed by atoms with van der Waals surface area (Å²) in [6.45, 7) is 1.76. The lowest BCUT2D eigenvalue weighted by molar-refractivity contribution is -0.111. The van der Waals surface area contributed by atoms with Crippen molar-refractivity contribution in [2.45, 2.75) is 6.92 Å². The predicted octanol–water partition coefficient (Wildman–Crippen LogP) is 2.60. The van der Waals surface area contributed by atoms with Crippen molar-refractivity contribution < 1.29 is 14.3 Å². The van der Waals surface area contributed by atoms with Crippen LogP contribution in [0.25, 0.3) is 10.2 Å². The summed E-state index contributed by atoms with van der Waals surface area (Å²) in [6.07, 6.45) is 3.07. The number of amides is 1. The monoisotopic (exact) mass is 276 g/mol. The molecule has 0 bridgehead atoms. The van der Waals surface area contributed by atoms with Gasteiger partial charge in [0.2, 0.25) is 5.91 Å². The quantitative estimate of drug-likeness (QED) is 0.691. The molecule has 2 rings (SSSR count). The fourth-order valence-electron chi connectivity index (χ4n) is 1.52. The Morgan fingerprint density at radius 2 is 2.21 bits per heavy atom. The Kier molecular flexibility index (Phi) is 3.91. The summed E-state index contributed by atoms with van der Waals surface area (Å²) >= 11 is 1.31. The minimum atomic E-state index is -0.394. The molecular formula is C13H12N2O3S. The van der Waals surface area contributed by atoms with E-state index < -0.39 is 5.97 Å². The second kappa shape index (κ2) is 5.62. The van der Waals surface area contributed by atoms with Gasteiger partial charge in [-0.1, -0.05) is 17.4 Å². The number of carbonyl (C=O) groups excluding carboxylic acids is 2. The van der Waals surface area contributed by atoms with Crippen molar-refractivity contribution in [3.05, 3.63) is 35.9 Å². The second-order valence-corrected chi connectivity index (χ2v) is 4.71. The number of carbonyl (C=O) groups is 2. The molecule has 6 heteroatoms. The summed E-state index contributed by atoms with van der Waals surface area (Å²) in [7, 11) is 1.34. The highest BCUT2D eigenvalue weighted by molar-refractivity contribution is 7.22. The molecule has 0 spiro atoms. The number of aromatic nitrogens is 1. The van der Waals surface area contributed by atoms with Gasteiger partial charge in [-0.3, -0.25) is 10.1 Å². The van der Waals surface area contributed by atoms with Crippen molar-refractivity contribution in [3.8, 4) is 0 Å². The topological polar surface area (TPSA) is 68.3 Å². The fraction of sp³-hybridized carbons (Fsp3) is 0.154. The maximum absolute atomic E-state index is 11.4. The van der Waals surface area contributed by atoms with Crippen LogP contribution in [-0.4, -0.2) is 24.0 Å². The number of anilines is 1. The van der Waals surface area contributed by atoms with Crippen LogP contribution in [0.15, 0.2) is 30.4 Å². The highest BCUT2D eigenvalue weighted by Crippen LogP contribution is 2.27. The molecule has 0 saturated heterocycles. The van der Waals surface area contributed by atoms with Gasteiger partial charge in [-0.25, -0.2) is 9.78 Å². The predicted molar refractivity (Wildman–Crippen MR) is 74.4 cm³/mol. The van der Waals surface area contributed by atoms with E-state index in [1.54, 1.807) is 31.2 Å². The Morgan fingerprint density at radius 3 is 2.89 bits per heavy atom. The third-order valence-electron chi connectivity index (χ3n) is 2.36. The van der Waals surface area contributed by atoms with E-state index in [-0.39, 0.29) is 5.91 Å². The number of hydrogen-bond acceptors (Lipinski definition) is 5. The zero-order chi connectivity index (χ0) is 13.8. The van der Waals surface area contributed by atoms with Gasteiger partial charge in [-0.15, -0.1) is 0 Å². The average Bonchev–Trinajstić information content (AvgIpc) is 2.78. The number of hydrogen-bond donors (Lipinski definition) is 1. The van der Waals surface area contributed by atoms with E-state index in [0.717, 1.165) is 10.2 Å². The molecule has 1 heterocycles. The van der Waals surface area contributed by atoms with Crippen LogP contribution < -0.4 is 5.32 Å². The van der Waals surface area contributed by atoms with Gasteiger partial charge >= 0.3 is 5.97 Å². The molecule has 98 valence electrons. The molecule has 1 N–H and O–H groups in total. The highest BCUT2D eigenvalue weighted by Gasteiger charge is 2.10. The number of ether oxygens (including phenoxy) is 1. The van der Waals surface area contributed by atoms with Crippen molar-refractivity contribution >= 4 is 38.6 Å². The number of thiazole rings is 1. The van der Waals surface area contributed by atoms with Crippen molar-refractivity contribution in [2.24, 2.45) is 0 Å². The maximum Gasteiger partial charge on any atom is 0.337 e. The van der Waals surface area contributed by atoms with Crippen LogP contribution in [0.2, 0.25) is 0 Å². The van der Waals surface area contributed by atoms with Gasteiger partial charge < -0.3 is 4.74 Å². The lowest BCUT2D eigenvalue weighted by Crippen LogP contribution is -2.06.